The molecule has 3 heteroatoms. The molecule has 94 valence electrons. The topological polar surface area (TPSA) is 19.4 Å². The van der Waals surface area contributed by atoms with Gasteiger partial charge in [-0.1, -0.05) is 6.92 Å². The highest BCUT2D eigenvalue weighted by atomic mass is 15.2. The second kappa shape index (κ2) is 5.05. The van der Waals surface area contributed by atoms with Crippen LogP contribution < -0.4 is 4.90 Å². The summed E-state index contributed by atoms with van der Waals surface area (Å²) in [5.41, 5.74) is 2.78. The molecule has 0 spiro atoms. The minimum Gasteiger partial charge on any atom is -0.363 e. The van der Waals surface area contributed by atoms with Crippen LogP contribution in [0.3, 0.4) is 0 Å². The average molecular weight is 233 g/mol. The Balaban J connectivity index is 2.27. The lowest BCUT2D eigenvalue weighted by Gasteiger charge is -2.25. The molecule has 3 nitrogen and oxygen atoms in total. The first-order valence-electron chi connectivity index (χ1n) is 6.51. The fourth-order valence-corrected chi connectivity index (χ4v) is 2.70. The molecule has 1 saturated heterocycles. The van der Waals surface area contributed by atoms with E-state index in [-0.39, 0.29) is 0 Å². The smallest absolute Gasteiger partial charge is 0.128 e. The molecule has 0 bridgehead atoms. The molecule has 0 saturated carbocycles. The van der Waals surface area contributed by atoms with Crippen LogP contribution in [0.15, 0.2) is 12.3 Å². The third kappa shape index (κ3) is 2.44. The van der Waals surface area contributed by atoms with E-state index in [2.05, 4.69) is 40.9 Å². The summed E-state index contributed by atoms with van der Waals surface area (Å²) in [5, 5.41) is 0. The van der Waals surface area contributed by atoms with E-state index in [0.29, 0.717) is 6.04 Å². The number of aryl methyl sites for hydroxylation is 1. The molecule has 2 rings (SSSR count). The van der Waals surface area contributed by atoms with Gasteiger partial charge in [-0.05, 0) is 50.0 Å². The van der Waals surface area contributed by atoms with Gasteiger partial charge in [-0.3, -0.25) is 4.90 Å². The Kier molecular flexibility index (Phi) is 3.67. The lowest BCUT2D eigenvalue weighted by Crippen LogP contribution is -2.23. The van der Waals surface area contributed by atoms with Crippen LogP contribution in [-0.4, -0.2) is 37.1 Å². The summed E-state index contributed by atoms with van der Waals surface area (Å²) in [5.74, 6) is 1.05. The first-order valence-corrected chi connectivity index (χ1v) is 6.51. The standard InChI is InChI=1S/C14H23N3/c1-5-17-8-6-7-13(17)12-10-15-14(16(3)4)9-11(12)2/h9-10,13H,5-8H2,1-4H3/t13-/m1/s1. The van der Waals surface area contributed by atoms with Crippen LogP contribution in [0.25, 0.3) is 0 Å². The van der Waals surface area contributed by atoms with E-state index in [9.17, 15) is 0 Å². The van der Waals surface area contributed by atoms with Gasteiger partial charge < -0.3 is 4.90 Å². The van der Waals surface area contributed by atoms with Gasteiger partial charge in [-0.15, -0.1) is 0 Å². The van der Waals surface area contributed by atoms with Crippen molar-refractivity contribution in [2.24, 2.45) is 0 Å². The molecule has 0 aliphatic carbocycles. The van der Waals surface area contributed by atoms with Crippen molar-refractivity contribution in [3.8, 4) is 0 Å². The summed E-state index contributed by atoms with van der Waals surface area (Å²) < 4.78 is 0. The summed E-state index contributed by atoms with van der Waals surface area (Å²) in [7, 11) is 4.07. The van der Waals surface area contributed by atoms with Gasteiger partial charge in [-0.2, -0.15) is 0 Å². The van der Waals surface area contributed by atoms with Gasteiger partial charge >= 0.3 is 0 Å². The molecule has 1 aromatic heterocycles. The van der Waals surface area contributed by atoms with Gasteiger partial charge in [0.15, 0.2) is 0 Å². The first-order chi connectivity index (χ1) is 8.13. The van der Waals surface area contributed by atoms with Crippen molar-refractivity contribution >= 4 is 5.82 Å². The van der Waals surface area contributed by atoms with Crippen molar-refractivity contribution in [2.75, 3.05) is 32.1 Å². The molecule has 0 unspecified atom stereocenters. The molecule has 0 N–H and O–H groups in total. The van der Waals surface area contributed by atoms with Gasteiger partial charge in [0, 0.05) is 26.3 Å². The summed E-state index contributed by atoms with van der Waals surface area (Å²) in [6.07, 6.45) is 4.66. The second-order valence-corrected chi connectivity index (χ2v) is 5.08. The van der Waals surface area contributed by atoms with Crippen LogP contribution in [0.2, 0.25) is 0 Å². The Bertz CT molecular complexity index is 387. The largest absolute Gasteiger partial charge is 0.363 e. The predicted octanol–water partition coefficient (Wildman–Crippen LogP) is 2.61. The van der Waals surface area contributed by atoms with Crippen LogP contribution >= 0.6 is 0 Å². The number of anilines is 1. The van der Waals surface area contributed by atoms with Crippen LogP contribution in [0.1, 0.15) is 36.9 Å². The number of pyridine rings is 1. The van der Waals surface area contributed by atoms with Gasteiger partial charge in [0.1, 0.15) is 5.82 Å². The van der Waals surface area contributed by atoms with E-state index in [1.807, 2.05) is 14.1 Å². The molecule has 1 aliphatic heterocycles. The van der Waals surface area contributed by atoms with Crippen molar-refractivity contribution < 1.29 is 0 Å². The normalized spacial score (nSPS) is 20.8. The number of hydrogen-bond acceptors (Lipinski definition) is 3. The van der Waals surface area contributed by atoms with Gasteiger partial charge in [0.25, 0.3) is 0 Å². The van der Waals surface area contributed by atoms with E-state index in [4.69, 9.17) is 0 Å². The predicted molar refractivity (Wildman–Crippen MR) is 72.5 cm³/mol. The van der Waals surface area contributed by atoms with E-state index in [1.165, 1.54) is 30.5 Å². The molecular weight excluding hydrogens is 210 g/mol. The molecule has 1 aromatic rings. The summed E-state index contributed by atoms with van der Waals surface area (Å²) >= 11 is 0. The van der Waals surface area contributed by atoms with Gasteiger partial charge in [-0.25, -0.2) is 4.98 Å². The fraction of sp³-hybridized carbons (Fsp3) is 0.643. The Labute approximate surface area is 104 Å². The number of rotatable bonds is 3. The van der Waals surface area contributed by atoms with Crippen molar-refractivity contribution in [1.82, 2.24) is 9.88 Å². The molecule has 1 aliphatic rings. The highest BCUT2D eigenvalue weighted by Gasteiger charge is 2.26. The molecule has 2 heterocycles. The number of hydrogen-bond donors (Lipinski definition) is 0. The van der Waals surface area contributed by atoms with E-state index in [0.717, 1.165) is 12.4 Å². The van der Waals surface area contributed by atoms with Gasteiger partial charge in [0.2, 0.25) is 0 Å². The molecule has 1 atom stereocenters. The van der Waals surface area contributed by atoms with Crippen molar-refractivity contribution in [3.63, 3.8) is 0 Å². The van der Waals surface area contributed by atoms with E-state index < -0.39 is 0 Å². The molecule has 17 heavy (non-hydrogen) atoms. The van der Waals surface area contributed by atoms with Crippen LogP contribution in [0.4, 0.5) is 5.82 Å². The third-order valence-corrected chi connectivity index (χ3v) is 3.72. The van der Waals surface area contributed by atoms with Crippen LogP contribution in [0.5, 0.6) is 0 Å². The third-order valence-electron chi connectivity index (χ3n) is 3.72. The minimum atomic E-state index is 0.587. The molecule has 0 amide bonds. The minimum absolute atomic E-state index is 0.587. The second-order valence-electron chi connectivity index (χ2n) is 5.08. The van der Waals surface area contributed by atoms with Crippen molar-refractivity contribution in [3.05, 3.63) is 23.4 Å². The molecule has 0 aromatic carbocycles. The fourth-order valence-electron chi connectivity index (χ4n) is 2.70. The lowest BCUT2D eigenvalue weighted by atomic mass is 10.0. The molecular formula is C14H23N3. The maximum atomic E-state index is 4.55. The summed E-state index contributed by atoms with van der Waals surface area (Å²) in [6.45, 7) is 6.82. The molecule has 0 radical (unpaired) electrons. The zero-order valence-corrected chi connectivity index (χ0v) is 11.4. The van der Waals surface area contributed by atoms with E-state index in [1.54, 1.807) is 0 Å². The van der Waals surface area contributed by atoms with E-state index >= 15 is 0 Å². The Morgan fingerprint density at radius 2 is 2.24 bits per heavy atom. The zero-order valence-electron chi connectivity index (χ0n) is 11.4. The number of likely N-dealkylation sites (tertiary alicyclic amines) is 1. The first kappa shape index (κ1) is 12.4. The van der Waals surface area contributed by atoms with Crippen LogP contribution in [0, 0.1) is 6.92 Å². The Morgan fingerprint density at radius 3 is 2.82 bits per heavy atom. The number of aromatic nitrogens is 1. The molecule has 1 fully saturated rings. The highest BCUT2D eigenvalue weighted by Crippen LogP contribution is 2.33. The van der Waals surface area contributed by atoms with Crippen molar-refractivity contribution in [2.45, 2.75) is 32.7 Å². The maximum Gasteiger partial charge on any atom is 0.128 e. The zero-order chi connectivity index (χ0) is 12.4. The Morgan fingerprint density at radius 1 is 1.47 bits per heavy atom. The summed E-state index contributed by atoms with van der Waals surface area (Å²) in [6, 6.07) is 2.78. The SMILES string of the molecule is CCN1CCC[C@@H]1c1cnc(N(C)C)cc1C. The monoisotopic (exact) mass is 233 g/mol. The number of nitrogens with zero attached hydrogens (tertiary/aromatic N) is 3. The lowest BCUT2D eigenvalue weighted by molar-refractivity contribution is 0.270. The highest BCUT2D eigenvalue weighted by molar-refractivity contribution is 5.42. The van der Waals surface area contributed by atoms with Gasteiger partial charge in [0.05, 0.1) is 0 Å². The quantitative estimate of drug-likeness (QED) is 0.800. The maximum absolute atomic E-state index is 4.55. The van der Waals surface area contributed by atoms with Crippen LogP contribution in [-0.2, 0) is 0 Å². The van der Waals surface area contributed by atoms with Crippen molar-refractivity contribution in [1.29, 1.82) is 0 Å². The Hall–Kier alpha value is -1.09. The average Bonchev–Trinajstić information content (AvgIpc) is 2.76. The summed E-state index contributed by atoms with van der Waals surface area (Å²) in [4.78, 5) is 9.17.